The zero-order valence-electron chi connectivity index (χ0n) is 14.1. The van der Waals surface area contributed by atoms with Gasteiger partial charge in [-0.1, -0.05) is 18.6 Å². The third-order valence-corrected chi connectivity index (χ3v) is 4.31. The maximum atomic E-state index is 12.2. The van der Waals surface area contributed by atoms with E-state index in [2.05, 4.69) is 10.2 Å². The second-order valence-corrected chi connectivity index (χ2v) is 6.07. The molecule has 1 aromatic carbocycles. The highest BCUT2D eigenvalue weighted by Gasteiger charge is 2.26. The molecule has 0 bridgehead atoms. The molecule has 2 unspecified atom stereocenters. The lowest BCUT2D eigenvalue weighted by Crippen LogP contribution is -2.46. The Labute approximate surface area is 138 Å². The van der Waals surface area contributed by atoms with Crippen molar-refractivity contribution in [2.24, 2.45) is 0 Å². The first-order chi connectivity index (χ1) is 11.1. The fourth-order valence-corrected chi connectivity index (χ4v) is 3.15. The Morgan fingerprint density at radius 3 is 2.96 bits per heavy atom. The van der Waals surface area contributed by atoms with Crippen molar-refractivity contribution in [3.63, 3.8) is 0 Å². The minimum atomic E-state index is -0.350. The molecule has 1 heterocycles. The Bertz CT molecular complexity index is 505. The van der Waals surface area contributed by atoms with Crippen LogP contribution >= 0.6 is 0 Å². The molecule has 1 saturated heterocycles. The number of benzene rings is 1. The number of carbonyl (C=O) groups excluding carboxylic acids is 1. The van der Waals surface area contributed by atoms with Crippen molar-refractivity contribution in [1.29, 1.82) is 0 Å². The molecule has 5 heteroatoms. The van der Waals surface area contributed by atoms with Gasteiger partial charge in [-0.25, -0.2) is 0 Å². The number of hydrogen-bond donors (Lipinski definition) is 2. The summed E-state index contributed by atoms with van der Waals surface area (Å²) in [5, 5.41) is 12.8. The van der Waals surface area contributed by atoms with Crippen LogP contribution in [0.15, 0.2) is 24.3 Å². The van der Waals surface area contributed by atoms with Gasteiger partial charge in [0.1, 0.15) is 5.75 Å². The van der Waals surface area contributed by atoms with Crippen molar-refractivity contribution in [3.8, 4) is 5.75 Å². The fourth-order valence-electron chi connectivity index (χ4n) is 3.15. The van der Waals surface area contributed by atoms with Gasteiger partial charge in [0.25, 0.3) is 0 Å². The van der Waals surface area contributed by atoms with Crippen LogP contribution in [0.4, 0.5) is 5.69 Å². The van der Waals surface area contributed by atoms with Gasteiger partial charge in [0.05, 0.1) is 18.4 Å². The largest absolute Gasteiger partial charge is 0.492 e. The number of aliphatic hydroxyl groups excluding tert-OH is 1. The molecule has 1 aromatic rings. The smallest absolute Gasteiger partial charge is 0.225 e. The average Bonchev–Trinajstić information content (AvgIpc) is 2.55. The summed E-state index contributed by atoms with van der Waals surface area (Å²) < 4.78 is 5.52. The lowest BCUT2D eigenvalue weighted by atomic mass is 9.98. The number of amides is 1. The molecule has 23 heavy (non-hydrogen) atoms. The number of likely N-dealkylation sites (tertiary alicyclic amines) is 1. The van der Waals surface area contributed by atoms with Crippen LogP contribution in [0.1, 0.15) is 39.5 Å². The van der Waals surface area contributed by atoms with E-state index in [9.17, 15) is 9.90 Å². The summed E-state index contributed by atoms with van der Waals surface area (Å²) in [6.45, 7) is 5.96. The van der Waals surface area contributed by atoms with E-state index in [0.717, 1.165) is 25.8 Å². The molecule has 128 valence electrons. The van der Waals surface area contributed by atoms with Crippen molar-refractivity contribution in [1.82, 2.24) is 4.90 Å². The van der Waals surface area contributed by atoms with E-state index in [-0.39, 0.29) is 18.1 Å². The molecule has 1 aliphatic rings. The van der Waals surface area contributed by atoms with Gasteiger partial charge in [0.15, 0.2) is 0 Å². The summed E-state index contributed by atoms with van der Waals surface area (Å²) in [6, 6.07) is 7.65. The summed E-state index contributed by atoms with van der Waals surface area (Å²) in [4.78, 5) is 14.5. The van der Waals surface area contributed by atoms with Gasteiger partial charge in [-0.2, -0.15) is 0 Å². The Morgan fingerprint density at radius 2 is 2.22 bits per heavy atom. The van der Waals surface area contributed by atoms with E-state index in [1.54, 1.807) is 0 Å². The number of hydrogen-bond acceptors (Lipinski definition) is 4. The van der Waals surface area contributed by atoms with Gasteiger partial charge in [-0.05, 0) is 45.4 Å². The molecular weight excluding hydrogens is 292 g/mol. The van der Waals surface area contributed by atoms with E-state index in [4.69, 9.17) is 4.74 Å². The van der Waals surface area contributed by atoms with E-state index in [1.165, 1.54) is 0 Å². The van der Waals surface area contributed by atoms with E-state index in [1.807, 2.05) is 38.1 Å². The molecule has 0 aromatic heterocycles. The second-order valence-electron chi connectivity index (χ2n) is 6.07. The van der Waals surface area contributed by atoms with Crippen molar-refractivity contribution in [2.75, 3.05) is 25.0 Å². The lowest BCUT2D eigenvalue weighted by molar-refractivity contribution is -0.116. The number of carbonyl (C=O) groups is 1. The van der Waals surface area contributed by atoms with E-state index in [0.29, 0.717) is 31.0 Å². The second kappa shape index (κ2) is 8.89. The summed E-state index contributed by atoms with van der Waals surface area (Å²) in [7, 11) is 0. The van der Waals surface area contributed by atoms with Gasteiger partial charge < -0.3 is 15.2 Å². The first-order valence-electron chi connectivity index (χ1n) is 8.55. The van der Waals surface area contributed by atoms with Crippen LogP contribution in [0.3, 0.4) is 0 Å². The predicted octanol–water partition coefficient (Wildman–Crippen LogP) is 2.65. The van der Waals surface area contributed by atoms with Crippen LogP contribution in [-0.4, -0.2) is 47.8 Å². The highest BCUT2D eigenvalue weighted by Crippen LogP contribution is 2.24. The summed E-state index contributed by atoms with van der Waals surface area (Å²) in [5.41, 5.74) is 0.713. The number of rotatable bonds is 7. The normalized spacial score (nSPS) is 20.0. The maximum absolute atomic E-state index is 12.2. The Hall–Kier alpha value is -1.59. The van der Waals surface area contributed by atoms with Gasteiger partial charge >= 0.3 is 0 Å². The van der Waals surface area contributed by atoms with Gasteiger partial charge in [0, 0.05) is 19.0 Å². The number of anilines is 1. The number of aliphatic hydroxyl groups is 1. The molecule has 2 atom stereocenters. The molecule has 0 spiro atoms. The van der Waals surface area contributed by atoms with Crippen LogP contribution in [0.2, 0.25) is 0 Å². The van der Waals surface area contributed by atoms with Crippen LogP contribution in [0.5, 0.6) is 5.75 Å². The topological polar surface area (TPSA) is 61.8 Å². The standard InChI is InChI=1S/C18H28N2O3/c1-3-23-17-10-5-4-8-15(17)19-18(22)11-13-20-12-7-6-9-16(20)14(2)21/h4-5,8,10,14,16,21H,3,6-7,9,11-13H2,1-2H3,(H,19,22). The summed E-state index contributed by atoms with van der Waals surface area (Å²) in [5.74, 6) is 0.676. The Balaban J connectivity index is 1.87. The zero-order valence-corrected chi connectivity index (χ0v) is 14.1. The maximum Gasteiger partial charge on any atom is 0.225 e. The van der Waals surface area contributed by atoms with Crippen molar-refractivity contribution in [2.45, 2.75) is 51.7 Å². The highest BCUT2D eigenvalue weighted by molar-refractivity contribution is 5.92. The third kappa shape index (κ3) is 5.22. The minimum Gasteiger partial charge on any atom is -0.492 e. The molecule has 0 saturated carbocycles. The molecule has 2 N–H and O–H groups in total. The quantitative estimate of drug-likeness (QED) is 0.811. The van der Waals surface area contributed by atoms with Gasteiger partial charge in [-0.3, -0.25) is 9.69 Å². The van der Waals surface area contributed by atoms with Crippen molar-refractivity contribution >= 4 is 11.6 Å². The third-order valence-electron chi connectivity index (χ3n) is 4.31. The first-order valence-corrected chi connectivity index (χ1v) is 8.55. The van der Waals surface area contributed by atoms with Crippen LogP contribution in [-0.2, 0) is 4.79 Å². The number of nitrogens with one attached hydrogen (secondary N) is 1. The summed E-state index contributed by atoms with van der Waals surface area (Å²) >= 11 is 0. The fraction of sp³-hybridized carbons (Fsp3) is 0.611. The Kier molecular flexibility index (Phi) is 6.86. The molecular formula is C18H28N2O3. The van der Waals surface area contributed by atoms with Crippen molar-refractivity contribution < 1.29 is 14.6 Å². The highest BCUT2D eigenvalue weighted by atomic mass is 16.5. The molecule has 0 aliphatic carbocycles. The van der Waals surface area contributed by atoms with Crippen LogP contribution < -0.4 is 10.1 Å². The molecule has 2 rings (SSSR count). The van der Waals surface area contributed by atoms with E-state index >= 15 is 0 Å². The lowest BCUT2D eigenvalue weighted by Gasteiger charge is -2.37. The zero-order chi connectivity index (χ0) is 16.7. The molecule has 1 aliphatic heterocycles. The number of piperidine rings is 1. The monoisotopic (exact) mass is 320 g/mol. The van der Waals surface area contributed by atoms with Crippen LogP contribution in [0.25, 0.3) is 0 Å². The van der Waals surface area contributed by atoms with Crippen LogP contribution in [0, 0.1) is 0 Å². The minimum absolute atomic E-state index is 0.0212. The van der Waals surface area contributed by atoms with Gasteiger partial charge in [0.2, 0.25) is 5.91 Å². The molecule has 1 fully saturated rings. The summed E-state index contributed by atoms with van der Waals surface area (Å²) in [6.07, 6.45) is 3.37. The average molecular weight is 320 g/mol. The molecule has 0 radical (unpaired) electrons. The Morgan fingerprint density at radius 1 is 1.43 bits per heavy atom. The number of nitrogens with zero attached hydrogens (tertiary/aromatic N) is 1. The first kappa shape index (κ1) is 17.8. The number of ether oxygens (including phenoxy) is 1. The van der Waals surface area contributed by atoms with E-state index < -0.39 is 0 Å². The SMILES string of the molecule is CCOc1ccccc1NC(=O)CCN1CCCCC1C(C)O. The van der Waals surface area contributed by atoms with Crippen molar-refractivity contribution in [3.05, 3.63) is 24.3 Å². The molecule has 5 nitrogen and oxygen atoms in total. The molecule has 1 amide bonds. The predicted molar refractivity (Wildman–Crippen MR) is 91.8 cm³/mol. The van der Waals surface area contributed by atoms with Gasteiger partial charge in [-0.15, -0.1) is 0 Å². The number of para-hydroxylation sites is 2.